The van der Waals surface area contributed by atoms with Gasteiger partial charge in [-0.05, 0) is 105 Å². The largest absolute Gasteiger partial charge is 0.417 e. The molecule has 0 bridgehead atoms. The van der Waals surface area contributed by atoms with Crippen molar-refractivity contribution in [3.05, 3.63) is 80.9 Å². The van der Waals surface area contributed by atoms with Gasteiger partial charge in [0, 0.05) is 6.04 Å². The molecule has 0 amide bonds. The van der Waals surface area contributed by atoms with E-state index in [9.17, 15) is 9.18 Å². The fourth-order valence-electron chi connectivity index (χ4n) is 4.10. The summed E-state index contributed by atoms with van der Waals surface area (Å²) in [7, 11) is 0. The van der Waals surface area contributed by atoms with Gasteiger partial charge < -0.3 is 9.73 Å². The third-order valence-corrected chi connectivity index (χ3v) is 6.31. The number of aryl methyl sites for hydroxylation is 1. The Bertz CT molecular complexity index is 1060. The summed E-state index contributed by atoms with van der Waals surface area (Å²) >= 11 is 3.96. The third-order valence-electron chi connectivity index (χ3n) is 6.05. The fourth-order valence-corrected chi connectivity index (χ4v) is 4.10. The Morgan fingerprint density at radius 2 is 1.88 bits per heavy atom. The molecule has 0 radical (unpaired) electrons. The molecule has 0 saturated heterocycles. The smallest absolute Gasteiger partial charge is 0.408 e. The fraction of sp³-hybridized carbons (Fsp3) is 0.423. The van der Waals surface area contributed by atoms with Crippen LogP contribution in [-0.4, -0.2) is 17.6 Å². The summed E-state index contributed by atoms with van der Waals surface area (Å²) in [5, 5.41) is 3.67. The molecule has 1 fully saturated rings. The Hall–Kier alpha value is -2.31. The minimum Gasteiger partial charge on any atom is -0.408 e. The first-order valence-corrected chi connectivity index (χ1v) is 11.8. The molecule has 4 nitrogen and oxygen atoms in total. The van der Waals surface area contributed by atoms with Crippen molar-refractivity contribution in [2.45, 2.75) is 64.3 Å². The van der Waals surface area contributed by atoms with Gasteiger partial charge in [-0.3, -0.25) is 4.98 Å². The molecular formula is C26H33FN2O2S. The number of H-pyrrole nitrogens is 1. The number of aromatic nitrogens is 1. The van der Waals surface area contributed by atoms with E-state index in [1.807, 2.05) is 44.2 Å². The number of allylic oxidation sites excluding steroid dienone is 2. The molecule has 32 heavy (non-hydrogen) atoms. The predicted molar refractivity (Wildman–Crippen MR) is 133 cm³/mol. The van der Waals surface area contributed by atoms with E-state index in [4.69, 9.17) is 4.42 Å². The third kappa shape index (κ3) is 7.38. The van der Waals surface area contributed by atoms with E-state index >= 15 is 0 Å². The predicted octanol–water partition coefficient (Wildman–Crippen LogP) is 6.35. The molecule has 1 saturated carbocycles. The Morgan fingerprint density at radius 1 is 1.19 bits per heavy atom. The van der Waals surface area contributed by atoms with Gasteiger partial charge in [0.15, 0.2) is 5.58 Å². The van der Waals surface area contributed by atoms with Gasteiger partial charge in [-0.15, -0.1) is 12.6 Å². The molecule has 2 aromatic carbocycles. The summed E-state index contributed by atoms with van der Waals surface area (Å²) in [5.74, 6) is -0.0333. The Labute approximate surface area is 194 Å². The van der Waals surface area contributed by atoms with Crippen molar-refractivity contribution in [3.8, 4) is 0 Å². The number of oxazole rings is 1. The summed E-state index contributed by atoms with van der Waals surface area (Å²) in [6, 6.07) is 13.4. The van der Waals surface area contributed by atoms with Crippen LogP contribution in [0.25, 0.3) is 11.1 Å². The maximum atomic E-state index is 12.9. The highest BCUT2D eigenvalue weighted by Gasteiger charge is 2.22. The number of hydrogen-bond acceptors (Lipinski definition) is 4. The van der Waals surface area contributed by atoms with E-state index in [2.05, 4.69) is 29.0 Å². The van der Waals surface area contributed by atoms with Gasteiger partial charge >= 0.3 is 5.76 Å². The van der Waals surface area contributed by atoms with Crippen LogP contribution in [-0.2, 0) is 6.42 Å². The zero-order valence-electron chi connectivity index (χ0n) is 18.9. The molecule has 4 rings (SSSR count). The summed E-state index contributed by atoms with van der Waals surface area (Å²) in [6.45, 7) is 4.90. The average Bonchev–Trinajstić information content (AvgIpc) is 3.18. The number of thiol groups is 1. The first-order valence-electron chi connectivity index (χ1n) is 11.4. The minimum absolute atomic E-state index is 0.175. The van der Waals surface area contributed by atoms with Crippen LogP contribution < -0.4 is 11.1 Å². The van der Waals surface area contributed by atoms with Crippen molar-refractivity contribution in [3.63, 3.8) is 0 Å². The monoisotopic (exact) mass is 456 g/mol. The molecule has 1 aliphatic rings. The zero-order chi connectivity index (χ0) is 22.9. The number of benzene rings is 2. The lowest BCUT2D eigenvalue weighted by molar-refractivity contribution is 0.342. The summed E-state index contributed by atoms with van der Waals surface area (Å²) in [6.07, 6.45) is 8.61. The molecule has 6 heteroatoms. The second kappa shape index (κ2) is 12.1. The van der Waals surface area contributed by atoms with Gasteiger partial charge in [-0.2, -0.15) is 0 Å². The second-order valence-corrected chi connectivity index (χ2v) is 9.14. The molecule has 3 aromatic rings. The highest BCUT2D eigenvalue weighted by Crippen LogP contribution is 2.34. The van der Waals surface area contributed by atoms with Crippen LogP contribution >= 0.6 is 12.6 Å². The Kier molecular flexibility index (Phi) is 9.18. The molecular weight excluding hydrogens is 423 g/mol. The van der Waals surface area contributed by atoms with Crippen LogP contribution in [0.5, 0.6) is 0 Å². The van der Waals surface area contributed by atoms with E-state index in [0.29, 0.717) is 17.5 Å². The standard InChI is InChI=1S/C22H25FN2O2.C4H8S/c23-18-8-3-15(4-9-18)2-1-13-24-19-10-5-16(6-11-19)17-7-12-20-21(14-17)27-22(26)25-20;1-3-4(2)5/h3-4,7-9,12,14,16,19,24H,1-2,5-6,10-11,13H2,(H,25,26);3,5H,1-2H3/b;4-3+. The van der Waals surface area contributed by atoms with Crippen LogP contribution in [0.2, 0.25) is 0 Å². The number of hydrogen-bond donors (Lipinski definition) is 3. The van der Waals surface area contributed by atoms with Crippen LogP contribution in [0.3, 0.4) is 0 Å². The SMILES string of the molecule is C/C=C(\C)S.O=c1[nH]c2ccc(C3CCC(NCCCc4ccc(F)cc4)CC3)cc2o1. The van der Waals surface area contributed by atoms with E-state index in [1.54, 1.807) is 0 Å². The lowest BCUT2D eigenvalue weighted by Crippen LogP contribution is -2.33. The number of fused-ring (bicyclic) bond motifs is 1. The van der Waals surface area contributed by atoms with Crippen LogP contribution in [0, 0.1) is 5.82 Å². The maximum absolute atomic E-state index is 12.9. The number of halogens is 1. The first kappa shape index (κ1) is 24.3. The topological polar surface area (TPSA) is 58.0 Å². The molecule has 0 unspecified atom stereocenters. The summed E-state index contributed by atoms with van der Waals surface area (Å²) in [5.41, 5.74) is 3.87. The van der Waals surface area contributed by atoms with E-state index in [-0.39, 0.29) is 5.82 Å². The molecule has 172 valence electrons. The van der Waals surface area contributed by atoms with Gasteiger partial charge in [0.25, 0.3) is 0 Å². The van der Waals surface area contributed by atoms with Crippen molar-refractivity contribution in [2.75, 3.05) is 6.54 Å². The maximum Gasteiger partial charge on any atom is 0.417 e. The normalized spacial score (nSPS) is 18.9. The van der Waals surface area contributed by atoms with Gasteiger partial charge in [0.1, 0.15) is 5.82 Å². The molecule has 1 aliphatic carbocycles. The van der Waals surface area contributed by atoms with E-state index < -0.39 is 5.76 Å². The minimum atomic E-state index is -0.393. The van der Waals surface area contributed by atoms with E-state index in [1.165, 1.54) is 23.3 Å². The van der Waals surface area contributed by atoms with Crippen LogP contribution in [0.4, 0.5) is 4.39 Å². The van der Waals surface area contributed by atoms with Crippen LogP contribution in [0.15, 0.2) is 62.7 Å². The van der Waals surface area contributed by atoms with Crippen molar-refractivity contribution >= 4 is 23.7 Å². The Morgan fingerprint density at radius 3 is 2.53 bits per heavy atom. The summed E-state index contributed by atoms with van der Waals surface area (Å²) < 4.78 is 18.1. The molecule has 2 N–H and O–H groups in total. The lowest BCUT2D eigenvalue weighted by Gasteiger charge is -2.29. The first-order chi connectivity index (χ1) is 15.4. The molecule has 1 heterocycles. The number of aromatic amines is 1. The van der Waals surface area contributed by atoms with Crippen molar-refractivity contribution in [1.82, 2.24) is 10.3 Å². The van der Waals surface area contributed by atoms with Gasteiger partial charge in [0.05, 0.1) is 5.52 Å². The lowest BCUT2D eigenvalue weighted by atomic mass is 9.81. The Balaban J connectivity index is 0.000000523. The average molecular weight is 457 g/mol. The van der Waals surface area contributed by atoms with Gasteiger partial charge in [-0.1, -0.05) is 24.3 Å². The highest BCUT2D eigenvalue weighted by atomic mass is 32.1. The molecule has 0 spiro atoms. The van der Waals surface area contributed by atoms with Crippen molar-refractivity contribution in [1.29, 1.82) is 0 Å². The van der Waals surface area contributed by atoms with Crippen molar-refractivity contribution in [2.24, 2.45) is 0 Å². The second-order valence-electron chi connectivity index (χ2n) is 8.43. The number of nitrogens with one attached hydrogen (secondary N) is 2. The van der Waals surface area contributed by atoms with Crippen LogP contribution in [0.1, 0.15) is 63.0 Å². The van der Waals surface area contributed by atoms with Crippen molar-refractivity contribution < 1.29 is 8.81 Å². The summed E-state index contributed by atoms with van der Waals surface area (Å²) in [4.78, 5) is 15.1. The quantitative estimate of drug-likeness (QED) is 0.299. The van der Waals surface area contributed by atoms with Gasteiger partial charge in [-0.25, -0.2) is 9.18 Å². The molecule has 1 aromatic heterocycles. The zero-order valence-corrected chi connectivity index (χ0v) is 19.8. The molecule has 0 atom stereocenters. The number of rotatable bonds is 6. The highest BCUT2D eigenvalue weighted by molar-refractivity contribution is 7.84. The van der Waals surface area contributed by atoms with E-state index in [0.717, 1.165) is 55.5 Å². The van der Waals surface area contributed by atoms with Gasteiger partial charge in [0.2, 0.25) is 0 Å². The molecule has 0 aliphatic heterocycles.